The van der Waals surface area contributed by atoms with Crippen molar-refractivity contribution in [3.05, 3.63) is 64.1 Å². The second-order valence-electron chi connectivity index (χ2n) is 7.21. The van der Waals surface area contributed by atoms with Crippen molar-refractivity contribution in [2.45, 2.75) is 45.8 Å². The topological polar surface area (TPSA) is 79.7 Å². The third-order valence-corrected chi connectivity index (χ3v) is 5.06. The molecule has 1 aromatic heterocycles. The smallest absolute Gasteiger partial charge is 0.306 e. The number of carbonyl (C=O) groups excluding carboxylic acids is 1. The van der Waals surface area contributed by atoms with Crippen LogP contribution < -0.4 is 15.0 Å². The summed E-state index contributed by atoms with van der Waals surface area (Å²) in [6.07, 6.45) is 2.24. The molecule has 0 atom stereocenters. The minimum atomic E-state index is -0.373. The maximum Gasteiger partial charge on any atom is 0.306 e. The summed E-state index contributed by atoms with van der Waals surface area (Å²) < 4.78 is 17.7. The van der Waals surface area contributed by atoms with Crippen LogP contribution in [0, 0.1) is 0 Å². The molecule has 7 heteroatoms. The lowest BCUT2D eigenvalue weighted by Gasteiger charge is -2.12. The molecule has 156 valence electrons. The van der Waals surface area contributed by atoms with E-state index in [0.29, 0.717) is 23.7 Å². The largest absolute Gasteiger partial charge is 0.461 e. The van der Waals surface area contributed by atoms with Crippen LogP contribution in [0.4, 0.5) is 0 Å². The number of unbranched alkanes of at least 4 members (excludes halogenated alkanes) is 1. The molecule has 0 saturated carbocycles. The van der Waals surface area contributed by atoms with E-state index in [9.17, 15) is 9.59 Å². The van der Waals surface area contributed by atoms with Gasteiger partial charge in [-0.3, -0.25) is 9.59 Å². The molecule has 0 spiro atoms. The molecule has 4 rings (SSSR count). The van der Waals surface area contributed by atoms with Crippen LogP contribution in [0.3, 0.4) is 0 Å². The molecule has 0 N–H and O–H groups in total. The Morgan fingerprint density at radius 3 is 2.87 bits per heavy atom. The van der Waals surface area contributed by atoms with Crippen molar-refractivity contribution >= 4 is 17.0 Å². The van der Waals surface area contributed by atoms with E-state index in [-0.39, 0.29) is 37.8 Å². The van der Waals surface area contributed by atoms with Crippen molar-refractivity contribution in [2.24, 2.45) is 0 Å². The van der Waals surface area contributed by atoms with Gasteiger partial charge in [0.1, 0.15) is 12.3 Å². The first-order valence-corrected chi connectivity index (χ1v) is 10.2. The second-order valence-corrected chi connectivity index (χ2v) is 7.21. The summed E-state index contributed by atoms with van der Waals surface area (Å²) in [5.41, 5.74) is 2.66. The second kappa shape index (κ2) is 8.98. The van der Waals surface area contributed by atoms with Gasteiger partial charge in [0.05, 0.1) is 17.5 Å². The Bertz CT molecular complexity index is 1120. The van der Waals surface area contributed by atoms with Crippen LogP contribution in [-0.2, 0) is 29.1 Å². The van der Waals surface area contributed by atoms with Gasteiger partial charge in [0.15, 0.2) is 11.5 Å². The van der Waals surface area contributed by atoms with Crippen molar-refractivity contribution in [1.82, 2.24) is 9.55 Å². The SMILES string of the molecule is CCCCn1c(=O)c(CCC(=O)OCc2ccc3c(c2)OCO3)nc2ccccc21. The molecule has 7 nitrogen and oxygen atoms in total. The van der Waals surface area contributed by atoms with E-state index in [1.807, 2.05) is 30.3 Å². The number of aromatic nitrogens is 2. The number of hydrogen-bond donors (Lipinski definition) is 0. The van der Waals surface area contributed by atoms with Crippen LogP contribution in [-0.4, -0.2) is 22.3 Å². The lowest BCUT2D eigenvalue weighted by Crippen LogP contribution is -2.26. The Morgan fingerprint density at radius 2 is 2.00 bits per heavy atom. The fourth-order valence-electron chi connectivity index (χ4n) is 3.43. The van der Waals surface area contributed by atoms with Gasteiger partial charge in [-0.1, -0.05) is 31.5 Å². The zero-order valence-corrected chi connectivity index (χ0v) is 16.9. The van der Waals surface area contributed by atoms with Gasteiger partial charge in [-0.05, 0) is 36.2 Å². The van der Waals surface area contributed by atoms with Crippen molar-refractivity contribution in [3.8, 4) is 11.5 Å². The minimum absolute atomic E-state index is 0.0961. The number of aryl methyl sites for hydroxylation is 2. The van der Waals surface area contributed by atoms with Crippen molar-refractivity contribution in [1.29, 1.82) is 0 Å². The third-order valence-electron chi connectivity index (χ3n) is 5.06. The summed E-state index contributed by atoms with van der Waals surface area (Å²) in [5.74, 6) is 0.963. The van der Waals surface area contributed by atoms with Crippen molar-refractivity contribution in [3.63, 3.8) is 0 Å². The monoisotopic (exact) mass is 408 g/mol. The van der Waals surface area contributed by atoms with Crippen LogP contribution in [0.1, 0.15) is 37.4 Å². The normalized spacial score (nSPS) is 12.3. The molecule has 0 bridgehead atoms. The fraction of sp³-hybridized carbons (Fsp3) is 0.348. The van der Waals surface area contributed by atoms with E-state index in [1.165, 1.54) is 0 Å². The van der Waals surface area contributed by atoms with Gasteiger partial charge in [0.2, 0.25) is 6.79 Å². The first-order valence-electron chi connectivity index (χ1n) is 10.2. The molecule has 0 fully saturated rings. The highest BCUT2D eigenvalue weighted by atomic mass is 16.7. The van der Waals surface area contributed by atoms with E-state index in [2.05, 4.69) is 11.9 Å². The molecule has 2 aromatic carbocycles. The number of hydrogen-bond acceptors (Lipinski definition) is 6. The van der Waals surface area contributed by atoms with Crippen LogP contribution in [0.25, 0.3) is 11.0 Å². The average molecular weight is 408 g/mol. The number of carbonyl (C=O) groups is 1. The highest BCUT2D eigenvalue weighted by Crippen LogP contribution is 2.32. The summed E-state index contributed by atoms with van der Waals surface area (Å²) in [6, 6.07) is 13.0. The standard InChI is InChI=1S/C23H24N2O5/c1-2-3-12-25-19-7-5-4-6-17(19)24-18(23(25)27)9-11-22(26)28-14-16-8-10-20-21(13-16)30-15-29-20/h4-8,10,13H,2-3,9,11-12,14-15H2,1H3. The summed E-state index contributed by atoms with van der Waals surface area (Å²) in [6.45, 7) is 3.07. The van der Waals surface area contributed by atoms with E-state index in [4.69, 9.17) is 14.2 Å². The van der Waals surface area contributed by atoms with Crippen LogP contribution in [0.5, 0.6) is 11.5 Å². The number of para-hydroxylation sites is 2. The summed E-state index contributed by atoms with van der Waals surface area (Å²) >= 11 is 0. The lowest BCUT2D eigenvalue weighted by molar-refractivity contribution is -0.144. The Morgan fingerprint density at radius 1 is 1.17 bits per heavy atom. The lowest BCUT2D eigenvalue weighted by atomic mass is 10.2. The average Bonchev–Trinajstić information content (AvgIpc) is 3.23. The number of esters is 1. The highest BCUT2D eigenvalue weighted by molar-refractivity contribution is 5.75. The van der Waals surface area contributed by atoms with Gasteiger partial charge >= 0.3 is 5.97 Å². The van der Waals surface area contributed by atoms with Crippen LogP contribution >= 0.6 is 0 Å². The molecule has 3 aromatic rings. The molecule has 30 heavy (non-hydrogen) atoms. The van der Waals surface area contributed by atoms with Gasteiger partial charge in [-0.15, -0.1) is 0 Å². The third kappa shape index (κ3) is 4.30. The minimum Gasteiger partial charge on any atom is -0.461 e. The molecule has 0 amide bonds. The molecule has 0 radical (unpaired) electrons. The predicted octanol–water partition coefficient (Wildman–Crippen LogP) is 3.60. The molecular formula is C23H24N2O5. The van der Waals surface area contributed by atoms with Crippen molar-refractivity contribution in [2.75, 3.05) is 6.79 Å². The van der Waals surface area contributed by atoms with E-state index in [1.54, 1.807) is 16.7 Å². The molecular weight excluding hydrogens is 384 g/mol. The summed E-state index contributed by atoms with van der Waals surface area (Å²) in [7, 11) is 0. The zero-order valence-electron chi connectivity index (χ0n) is 16.9. The molecule has 0 saturated heterocycles. The number of benzene rings is 2. The molecule has 2 heterocycles. The maximum atomic E-state index is 12.9. The van der Waals surface area contributed by atoms with E-state index < -0.39 is 0 Å². The number of rotatable bonds is 8. The Labute approximate surface area is 174 Å². The van der Waals surface area contributed by atoms with Gasteiger partial charge in [-0.25, -0.2) is 4.98 Å². The first kappa shape index (κ1) is 19.9. The molecule has 1 aliphatic rings. The number of ether oxygens (including phenoxy) is 3. The summed E-state index contributed by atoms with van der Waals surface area (Å²) in [4.78, 5) is 29.7. The van der Waals surface area contributed by atoms with Gasteiger partial charge < -0.3 is 18.8 Å². The Balaban J connectivity index is 1.42. The Kier molecular flexibility index (Phi) is 5.97. The van der Waals surface area contributed by atoms with Crippen LogP contribution in [0.2, 0.25) is 0 Å². The predicted molar refractivity (Wildman–Crippen MR) is 112 cm³/mol. The van der Waals surface area contributed by atoms with Crippen LogP contribution in [0.15, 0.2) is 47.3 Å². The summed E-state index contributed by atoms with van der Waals surface area (Å²) in [5, 5.41) is 0. The molecule has 0 aliphatic carbocycles. The first-order chi connectivity index (χ1) is 14.7. The molecule has 0 unspecified atom stereocenters. The zero-order chi connectivity index (χ0) is 20.9. The van der Waals surface area contributed by atoms with Gasteiger partial charge in [0, 0.05) is 13.0 Å². The Hall–Kier alpha value is -3.35. The van der Waals surface area contributed by atoms with E-state index in [0.717, 1.165) is 29.4 Å². The van der Waals surface area contributed by atoms with E-state index >= 15 is 0 Å². The van der Waals surface area contributed by atoms with Gasteiger partial charge in [0.25, 0.3) is 5.56 Å². The fourth-order valence-corrected chi connectivity index (χ4v) is 3.43. The highest BCUT2D eigenvalue weighted by Gasteiger charge is 2.15. The van der Waals surface area contributed by atoms with Gasteiger partial charge in [-0.2, -0.15) is 0 Å². The number of nitrogens with zero attached hydrogens (tertiary/aromatic N) is 2. The maximum absolute atomic E-state index is 12.9. The molecule has 1 aliphatic heterocycles. The van der Waals surface area contributed by atoms with Crippen molar-refractivity contribution < 1.29 is 19.0 Å². The number of fused-ring (bicyclic) bond motifs is 2. The quantitative estimate of drug-likeness (QED) is 0.530.